The second-order valence-corrected chi connectivity index (χ2v) is 2.67. The van der Waals surface area contributed by atoms with Crippen LogP contribution in [0.4, 0.5) is 4.79 Å². The Kier molecular flexibility index (Phi) is 2.90. The zero-order valence-electron chi connectivity index (χ0n) is 7.23. The number of amides is 1. The van der Waals surface area contributed by atoms with Crippen molar-refractivity contribution >= 4 is 19.4 Å². The van der Waals surface area contributed by atoms with Crippen molar-refractivity contribution in [2.24, 2.45) is 11.1 Å². The number of hydrogen-bond acceptors (Lipinski definition) is 4. The molecule has 13 heavy (non-hydrogen) atoms. The van der Waals surface area contributed by atoms with Crippen LogP contribution in [0, 0.1) is 17.2 Å². The summed E-state index contributed by atoms with van der Waals surface area (Å²) in [5.74, 6) is -0.936. The molecule has 1 rings (SSSR count). The average molecular weight is 177 g/mol. The van der Waals surface area contributed by atoms with Gasteiger partial charge >= 0.3 is 0 Å². The van der Waals surface area contributed by atoms with E-state index in [1.807, 2.05) is 6.07 Å². The summed E-state index contributed by atoms with van der Waals surface area (Å²) in [4.78, 5) is 16.7. The smallest absolute Gasteiger partial charge is 0.200 e. The Morgan fingerprint density at radius 2 is 2.62 bits per heavy atom. The molecule has 1 aliphatic heterocycles. The molecule has 6 heteroatoms. The minimum atomic E-state index is -0.540. The summed E-state index contributed by atoms with van der Waals surface area (Å²) >= 11 is 0. The van der Waals surface area contributed by atoms with Gasteiger partial charge in [-0.2, -0.15) is 5.26 Å². The predicted molar refractivity (Wildman–Crippen MR) is 46.3 cm³/mol. The van der Waals surface area contributed by atoms with Gasteiger partial charge in [0.1, 0.15) is 13.0 Å². The van der Waals surface area contributed by atoms with Crippen molar-refractivity contribution in [1.29, 1.82) is 5.26 Å². The molecule has 1 saturated heterocycles. The normalized spacial score (nSPS) is 24.5. The molecular weight excluding hydrogens is 169 g/mol. The molecule has 0 aromatic heterocycles. The monoisotopic (exact) mass is 177 g/mol. The number of carbonyl (C=O) groups excluding carboxylic acids is 1. The fraction of sp³-hybridized carbons (Fsp3) is 0.571. The quantitative estimate of drug-likeness (QED) is 0.409. The van der Waals surface area contributed by atoms with Crippen LogP contribution in [-0.4, -0.2) is 44.5 Å². The van der Waals surface area contributed by atoms with Gasteiger partial charge in [-0.25, -0.2) is 0 Å². The third kappa shape index (κ3) is 1.99. The Bertz CT molecular complexity index is 284. The summed E-state index contributed by atoms with van der Waals surface area (Å²) < 4.78 is 0. The standard InChI is InChI=1S/C7H8BN3O2/c1-13-10-6-4-11(7(8)12)3-5(6)2-9/h5H,3-4H2,1H3. The van der Waals surface area contributed by atoms with Crippen LogP contribution < -0.4 is 0 Å². The Morgan fingerprint density at radius 1 is 1.92 bits per heavy atom. The van der Waals surface area contributed by atoms with E-state index in [9.17, 15) is 4.79 Å². The number of rotatable bonds is 1. The van der Waals surface area contributed by atoms with Crippen molar-refractivity contribution in [3.63, 3.8) is 0 Å². The van der Waals surface area contributed by atoms with Gasteiger partial charge in [-0.05, 0) is 0 Å². The molecule has 0 saturated carbocycles. The Hall–Kier alpha value is -1.51. The highest BCUT2D eigenvalue weighted by molar-refractivity contribution is 6.57. The number of carbonyl (C=O) groups is 1. The maximum atomic E-state index is 10.8. The molecule has 0 aromatic rings. The number of nitriles is 1. The molecule has 0 aliphatic carbocycles. The van der Waals surface area contributed by atoms with E-state index in [-0.39, 0.29) is 6.54 Å². The molecule has 1 unspecified atom stereocenters. The van der Waals surface area contributed by atoms with E-state index in [0.29, 0.717) is 12.3 Å². The summed E-state index contributed by atoms with van der Waals surface area (Å²) in [6.07, 6.45) is 0. The topological polar surface area (TPSA) is 65.7 Å². The summed E-state index contributed by atoms with van der Waals surface area (Å²) in [5, 5.41) is 12.4. The van der Waals surface area contributed by atoms with E-state index >= 15 is 0 Å². The third-order valence-electron chi connectivity index (χ3n) is 1.83. The fourth-order valence-corrected chi connectivity index (χ4v) is 1.19. The average Bonchev–Trinajstić information content (AvgIpc) is 2.48. The highest BCUT2D eigenvalue weighted by atomic mass is 16.6. The lowest BCUT2D eigenvalue weighted by Gasteiger charge is -2.10. The molecule has 0 spiro atoms. The predicted octanol–water partition coefficient (Wildman–Crippen LogP) is -0.267. The van der Waals surface area contributed by atoms with E-state index in [2.05, 4.69) is 9.99 Å². The molecule has 2 radical (unpaired) electrons. The largest absolute Gasteiger partial charge is 0.399 e. The van der Waals surface area contributed by atoms with E-state index < -0.39 is 11.7 Å². The molecule has 66 valence electrons. The SMILES string of the molecule is [B]C(=O)N1CC(=NOC)C(C#N)C1. The van der Waals surface area contributed by atoms with Crippen molar-refractivity contribution in [2.75, 3.05) is 20.2 Å². The first-order chi connectivity index (χ1) is 6.19. The Labute approximate surface area is 77.4 Å². The van der Waals surface area contributed by atoms with E-state index in [1.54, 1.807) is 0 Å². The molecule has 0 N–H and O–H groups in total. The van der Waals surface area contributed by atoms with Gasteiger partial charge < -0.3 is 9.74 Å². The maximum absolute atomic E-state index is 10.8. The van der Waals surface area contributed by atoms with Crippen molar-refractivity contribution in [1.82, 2.24) is 4.90 Å². The zero-order valence-corrected chi connectivity index (χ0v) is 7.23. The first-order valence-corrected chi connectivity index (χ1v) is 3.73. The molecule has 5 nitrogen and oxygen atoms in total. The molecule has 1 fully saturated rings. The van der Waals surface area contributed by atoms with Crippen molar-refractivity contribution < 1.29 is 9.63 Å². The molecule has 0 bridgehead atoms. The first-order valence-electron chi connectivity index (χ1n) is 3.73. The number of likely N-dealkylation sites (tertiary alicyclic amines) is 1. The van der Waals surface area contributed by atoms with Crippen LogP contribution >= 0.6 is 0 Å². The van der Waals surface area contributed by atoms with Gasteiger partial charge in [0.2, 0.25) is 7.85 Å². The second-order valence-electron chi connectivity index (χ2n) is 2.67. The van der Waals surface area contributed by atoms with Crippen molar-refractivity contribution in [3.8, 4) is 6.07 Å². The third-order valence-corrected chi connectivity index (χ3v) is 1.83. The van der Waals surface area contributed by atoms with Gasteiger partial charge in [0, 0.05) is 6.54 Å². The lowest BCUT2D eigenvalue weighted by atomic mass is 10.1. The Morgan fingerprint density at radius 3 is 3.08 bits per heavy atom. The van der Waals surface area contributed by atoms with Gasteiger partial charge in [0.25, 0.3) is 0 Å². The molecular formula is C7H8BN3O2. The highest BCUT2D eigenvalue weighted by Crippen LogP contribution is 2.13. The van der Waals surface area contributed by atoms with Gasteiger partial charge in [-0.15, -0.1) is 0 Å². The van der Waals surface area contributed by atoms with Crippen LogP contribution in [0.3, 0.4) is 0 Å². The molecule has 0 aromatic carbocycles. The van der Waals surface area contributed by atoms with E-state index in [1.165, 1.54) is 12.0 Å². The van der Waals surface area contributed by atoms with Crippen LogP contribution in [0.2, 0.25) is 0 Å². The van der Waals surface area contributed by atoms with Crippen LogP contribution in [-0.2, 0) is 4.84 Å². The van der Waals surface area contributed by atoms with Gasteiger partial charge in [-0.1, -0.05) is 5.16 Å². The zero-order chi connectivity index (χ0) is 9.84. The number of nitrogens with zero attached hydrogens (tertiary/aromatic N) is 3. The number of oxime groups is 1. The van der Waals surface area contributed by atoms with Crippen molar-refractivity contribution in [3.05, 3.63) is 0 Å². The minimum Gasteiger partial charge on any atom is -0.399 e. The minimum absolute atomic E-state index is 0.279. The first kappa shape index (κ1) is 9.58. The van der Waals surface area contributed by atoms with Crippen LogP contribution in [0.1, 0.15) is 0 Å². The number of hydrogen-bond donors (Lipinski definition) is 0. The van der Waals surface area contributed by atoms with Gasteiger partial charge in [0.15, 0.2) is 5.81 Å². The summed E-state index contributed by atoms with van der Waals surface area (Å²) in [5.41, 5.74) is 0.545. The summed E-state index contributed by atoms with van der Waals surface area (Å²) in [6.45, 7) is 0.579. The van der Waals surface area contributed by atoms with Crippen LogP contribution in [0.5, 0.6) is 0 Å². The van der Waals surface area contributed by atoms with E-state index in [4.69, 9.17) is 13.1 Å². The molecule has 1 amide bonds. The summed E-state index contributed by atoms with van der Waals surface area (Å²) in [6, 6.07) is 2.02. The highest BCUT2D eigenvalue weighted by Gasteiger charge is 2.30. The van der Waals surface area contributed by atoms with Crippen LogP contribution in [0.25, 0.3) is 0 Å². The summed E-state index contributed by atoms with van der Waals surface area (Å²) in [7, 11) is 6.45. The lowest BCUT2D eigenvalue weighted by Crippen LogP contribution is -2.27. The molecule has 1 aliphatic rings. The maximum Gasteiger partial charge on any atom is 0.200 e. The van der Waals surface area contributed by atoms with Crippen molar-refractivity contribution in [2.45, 2.75) is 0 Å². The van der Waals surface area contributed by atoms with Gasteiger partial charge in [0.05, 0.1) is 18.3 Å². The molecule has 1 heterocycles. The van der Waals surface area contributed by atoms with Gasteiger partial charge in [-0.3, -0.25) is 4.79 Å². The molecule has 1 atom stereocenters. The van der Waals surface area contributed by atoms with E-state index in [0.717, 1.165) is 0 Å². The Balaban J connectivity index is 2.74. The van der Waals surface area contributed by atoms with Crippen LogP contribution in [0.15, 0.2) is 5.16 Å². The second kappa shape index (κ2) is 3.94. The lowest BCUT2D eigenvalue weighted by molar-refractivity contribution is 0.211. The fourth-order valence-electron chi connectivity index (χ4n) is 1.19.